The Morgan fingerprint density at radius 3 is 2.52 bits per heavy atom. The van der Waals surface area contributed by atoms with Gasteiger partial charge >= 0.3 is 5.97 Å². The molecule has 2 aromatic carbocycles. The van der Waals surface area contributed by atoms with Crippen LogP contribution in [0.4, 0.5) is 10.1 Å². The summed E-state index contributed by atoms with van der Waals surface area (Å²) in [7, 11) is -0.879. The molecule has 1 aromatic heterocycles. The number of carbonyl (C=O) groups is 2. The van der Waals surface area contributed by atoms with E-state index in [2.05, 4.69) is 5.32 Å². The number of hydrogen-bond donors (Lipinski definition) is 1. The van der Waals surface area contributed by atoms with Gasteiger partial charge in [-0.05, 0) is 37.6 Å². The van der Waals surface area contributed by atoms with Crippen molar-refractivity contribution in [3.05, 3.63) is 59.1 Å². The van der Waals surface area contributed by atoms with Crippen LogP contribution in [-0.2, 0) is 19.6 Å². The molecule has 1 amide bonds. The van der Waals surface area contributed by atoms with Gasteiger partial charge < -0.3 is 14.5 Å². The SMILES string of the molecule is Cc1ccc(NC(=O)COC(=O)c2oc3c(F)cccc3c2C)cc1S(=O)(=O)N(C)C. The van der Waals surface area contributed by atoms with Gasteiger partial charge in [-0.1, -0.05) is 18.2 Å². The zero-order valence-corrected chi connectivity index (χ0v) is 18.2. The molecule has 3 rings (SSSR count). The van der Waals surface area contributed by atoms with Crippen molar-refractivity contribution in [2.24, 2.45) is 0 Å². The minimum absolute atomic E-state index is 0.0484. The number of carbonyl (C=O) groups excluding carboxylic acids is 2. The van der Waals surface area contributed by atoms with Crippen molar-refractivity contribution in [2.45, 2.75) is 18.7 Å². The average molecular weight is 448 g/mol. The number of hydrogen-bond acceptors (Lipinski definition) is 6. The number of nitrogens with one attached hydrogen (secondary N) is 1. The van der Waals surface area contributed by atoms with E-state index in [9.17, 15) is 22.4 Å². The van der Waals surface area contributed by atoms with Crippen molar-refractivity contribution in [3.63, 3.8) is 0 Å². The van der Waals surface area contributed by atoms with E-state index in [0.717, 1.165) is 4.31 Å². The Bertz CT molecular complexity index is 1280. The van der Waals surface area contributed by atoms with Crippen molar-refractivity contribution in [2.75, 3.05) is 26.0 Å². The molecular formula is C21H21FN2O6S. The molecule has 0 unspecified atom stereocenters. The lowest BCUT2D eigenvalue weighted by Crippen LogP contribution is -2.24. The lowest BCUT2D eigenvalue weighted by molar-refractivity contribution is -0.119. The summed E-state index contributed by atoms with van der Waals surface area (Å²) in [5, 5.41) is 2.92. The fourth-order valence-electron chi connectivity index (χ4n) is 2.95. The summed E-state index contributed by atoms with van der Waals surface area (Å²) in [5.41, 5.74) is 1.09. The first-order valence-corrected chi connectivity index (χ1v) is 10.6. The van der Waals surface area contributed by atoms with E-state index in [1.807, 2.05) is 0 Å². The fraction of sp³-hybridized carbons (Fsp3) is 0.238. The molecule has 0 bridgehead atoms. The fourth-order valence-corrected chi connectivity index (χ4v) is 4.09. The third kappa shape index (κ3) is 4.44. The number of fused-ring (bicyclic) bond motifs is 1. The van der Waals surface area contributed by atoms with Crippen LogP contribution in [0.5, 0.6) is 0 Å². The van der Waals surface area contributed by atoms with Crippen molar-refractivity contribution in [3.8, 4) is 0 Å². The third-order valence-electron chi connectivity index (χ3n) is 4.67. The molecule has 0 saturated heterocycles. The Labute approximate surface area is 178 Å². The maximum Gasteiger partial charge on any atom is 0.375 e. The van der Waals surface area contributed by atoms with Gasteiger partial charge in [-0.2, -0.15) is 0 Å². The van der Waals surface area contributed by atoms with E-state index in [1.165, 1.54) is 38.4 Å². The summed E-state index contributed by atoms with van der Waals surface area (Å²) in [4.78, 5) is 24.6. The molecule has 0 atom stereocenters. The van der Waals surface area contributed by atoms with Gasteiger partial charge in [0.2, 0.25) is 15.8 Å². The lowest BCUT2D eigenvalue weighted by atomic mass is 10.1. The molecule has 31 heavy (non-hydrogen) atoms. The molecule has 1 heterocycles. The number of furan rings is 1. The number of anilines is 1. The molecule has 0 fully saturated rings. The second-order valence-electron chi connectivity index (χ2n) is 7.06. The van der Waals surface area contributed by atoms with Crippen LogP contribution in [-0.4, -0.2) is 45.3 Å². The van der Waals surface area contributed by atoms with E-state index >= 15 is 0 Å². The smallest absolute Gasteiger partial charge is 0.375 e. The predicted octanol–water partition coefficient (Wildman–Crippen LogP) is 3.23. The van der Waals surface area contributed by atoms with Crippen molar-refractivity contribution in [1.82, 2.24) is 4.31 Å². The molecule has 0 aliphatic heterocycles. The summed E-state index contributed by atoms with van der Waals surface area (Å²) in [5.74, 6) is -2.39. The van der Waals surface area contributed by atoms with E-state index in [1.54, 1.807) is 26.0 Å². The van der Waals surface area contributed by atoms with Crippen LogP contribution in [0, 0.1) is 19.7 Å². The van der Waals surface area contributed by atoms with E-state index in [4.69, 9.17) is 9.15 Å². The summed E-state index contributed by atoms with van der Waals surface area (Å²) in [6.07, 6.45) is 0. The zero-order valence-electron chi connectivity index (χ0n) is 17.4. The Morgan fingerprint density at radius 2 is 1.87 bits per heavy atom. The molecule has 10 heteroatoms. The summed E-state index contributed by atoms with van der Waals surface area (Å²) in [6, 6.07) is 8.74. The zero-order chi connectivity index (χ0) is 22.9. The molecule has 0 aliphatic rings. The number of sulfonamides is 1. The Morgan fingerprint density at radius 1 is 1.16 bits per heavy atom. The summed E-state index contributed by atoms with van der Waals surface area (Å²) in [6.45, 7) is 2.59. The number of esters is 1. The van der Waals surface area contributed by atoms with Gasteiger partial charge in [0.15, 0.2) is 18.0 Å². The first-order valence-electron chi connectivity index (χ1n) is 9.20. The molecule has 1 N–H and O–H groups in total. The van der Waals surface area contributed by atoms with Crippen LogP contribution in [0.1, 0.15) is 21.7 Å². The number of rotatable bonds is 6. The highest BCUT2D eigenvalue weighted by atomic mass is 32.2. The van der Waals surface area contributed by atoms with Crippen molar-refractivity contribution >= 4 is 38.6 Å². The first kappa shape index (κ1) is 22.4. The molecule has 164 valence electrons. The molecule has 8 nitrogen and oxygen atoms in total. The molecule has 0 aliphatic carbocycles. The van der Waals surface area contributed by atoms with Gasteiger partial charge in [0.25, 0.3) is 5.91 Å². The van der Waals surface area contributed by atoms with Crippen molar-refractivity contribution < 1.29 is 31.6 Å². The normalized spacial score (nSPS) is 11.7. The number of para-hydroxylation sites is 1. The minimum atomic E-state index is -3.70. The highest BCUT2D eigenvalue weighted by Gasteiger charge is 2.23. The second-order valence-corrected chi connectivity index (χ2v) is 9.18. The Balaban J connectivity index is 1.71. The van der Waals surface area contributed by atoms with Gasteiger partial charge in [-0.25, -0.2) is 21.9 Å². The molecule has 0 saturated carbocycles. The van der Waals surface area contributed by atoms with Crippen LogP contribution < -0.4 is 5.32 Å². The standard InChI is InChI=1S/C21H21FN2O6S/c1-12-8-9-14(10-17(12)31(27,28)24(3)4)23-18(25)11-29-21(26)19-13(2)15-6-5-7-16(22)20(15)30-19/h5-10H,11H2,1-4H3,(H,23,25). The van der Waals surface area contributed by atoms with Crippen LogP contribution in [0.15, 0.2) is 45.7 Å². The number of benzene rings is 2. The van der Waals surface area contributed by atoms with Crippen molar-refractivity contribution in [1.29, 1.82) is 0 Å². The second kappa shape index (κ2) is 8.48. The Hall–Kier alpha value is -3.24. The maximum atomic E-state index is 13.8. The van der Waals surface area contributed by atoms with E-state index in [-0.39, 0.29) is 21.9 Å². The third-order valence-corrected chi connectivity index (χ3v) is 6.62. The highest BCUT2D eigenvalue weighted by molar-refractivity contribution is 7.89. The number of nitrogens with zero attached hydrogens (tertiary/aromatic N) is 1. The van der Waals surface area contributed by atoms with Crippen LogP contribution in [0.2, 0.25) is 0 Å². The maximum absolute atomic E-state index is 13.8. The number of halogens is 1. The van der Waals surface area contributed by atoms with Crippen LogP contribution >= 0.6 is 0 Å². The van der Waals surface area contributed by atoms with E-state index < -0.39 is 34.3 Å². The average Bonchev–Trinajstić information content (AvgIpc) is 3.05. The number of amides is 1. The largest absolute Gasteiger partial charge is 0.450 e. The molecule has 3 aromatic rings. The van der Waals surface area contributed by atoms with Crippen LogP contribution in [0.3, 0.4) is 0 Å². The summed E-state index contributed by atoms with van der Waals surface area (Å²) < 4.78 is 50.0. The van der Waals surface area contributed by atoms with Crippen LogP contribution in [0.25, 0.3) is 11.0 Å². The van der Waals surface area contributed by atoms with Gasteiger partial charge in [-0.15, -0.1) is 0 Å². The highest BCUT2D eigenvalue weighted by Crippen LogP contribution is 2.28. The van der Waals surface area contributed by atoms with E-state index in [0.29, 0.717) is 16.5 Å². The Kier molecular flexibility index (Phi) is 6.14. The van der Waals surface area contributed by atoms with Gasteiger partial charge in [0, 0.05) is 30.7 Å². The first-order chi connectivity index (χ1) is 14.5. The quantitative estimate of drug-likeness (QED) is 0.581. The van der Waals surface area contributed by atoms with Gasteiger partial charge in [0.05, 0.1) is 4.90 Å². The molecular weight excluding hydrogens is 427 g/mol. The lowest BCUT2D eigenvalue weighted by Gasteiger charge is -2.15. The topological polar surface area (TPSA) is 106 Å². The molecule has 0 spiro atoms. The summed E-state index contributed by atoms with van der Waals surface area (Å²) >= 11 is 0. The van der Waals surface area contributed by atoms with Gasteiger partial charge in [-0.3, -0.25) is 4.79 Å². The number of ether oxygens (including phenoxy) is 1. The molecule has 0 radical (unpaired) electrons. The van der Waals surface area contributed by atoms with Gasteiger partial charge in [0.1, 0.15) is 0 Å². The monoisotopic (exact) mass is 448 g/mol. The minimum Gasteiger partial charge on any atom is -0.450 e. The number of aryl methyl sites for hydroxylation is 2. The predicted molar refractivity (Wildman–Crippen MR) is 112 cm³/mol.